The first-order valence-electron chi connectivity index (χ1n) is 6.63. The van der Waals surface area contributed by atoms with Gasteiger partial charge in [0.1, 0.15) is 0 Å². The van der Waals surface area contributed by atoms with E-state index in [1.54, 1.807) is 0 Å². The second-order valence-electron chi connectivity index (χ2n) is 5.28. The van der Waals surface area contributed by atoms with Crippen molar-refractivity contribution < 1.29 is 5.11 Å². The summed E-state index contributed by atoms with van der Waals surface area (Å²) < 4.78 is 0. The van der Waals surface area contributed by atoms with Crippen LogP contribution in [0.3, 0.4) is 0 Å². The first-order valence-corrected chi connectivity index (χ1v) is 6.63. The highest BCUT2D eigenvalue weighted by molar-refractivity contribution is 5.56. The molecule has 1 saturated carbocycles. The molecule has 0 spiro atoms. The average molecular weight is 233 g/mol. The first kappa shape index (κ1) is 12.4. The molecule has 1 N–H and O–H groups in total. The second-order valence-corrected chi connectivity index (χ2v) is 5.28. The minimum absolute atomic E-state index is 0.131. The van der Waals surface area contributed by atoms with Crippen molar-refractivity contribution in [2.75, 3.05) is 19.0 Å². The predicted octanol–water partition coefficient (Wildman–Crippen LogP) is 3.29. The zero-order chi connectivity index (χ0) is 12.3. The van der Waals surface area contributed by atoms with Crippen molar-refractivity contribution >= 4 is 5.69 Å². The van der Waals surface area contributed by atoms with Crippen LogP contribution in [0.2, 0.25) is 0 Å². The number of aliphatic hydroxyl groups is 1. The highest BCUT2D eigenvalue weighted by atomic mass is 16.3. The molecule has 1 aliphatic rings. The molecule has 0 aromatic heterocycles. The van der Waals surface area contributed by atoms with E-state index in [-0.39, 0.29) is 6.61 Å². The third-order valence-corrected chi connectivity index (χ3v) is 3.80. The summed E-state index contributed by atoms with van der Waals surface area (Å²) in [6, 6.07) is 6.41. The quantitative estimate of drug-likeness (QED) is 0.866. The van der Waals surface area contributed by atoms with Gasteiger partial charge >= 0.3 is 0 Å². The SMILES string of the molecule is CN(C)c1cc(CO)ccc1C1CCCCC1. The van der Waals surface area contributed by atoms with Crippen molar-refractivity contribution in [3.8, 4) is 0 Å². The number of anilines is 1. The third-order valence-electron chi connectivity index (χ3n) is 3.80. The molecule has 0 amide bonds. The van der Waals surface area contributed by atoms with Crippen LogP contribution in [0, 0.1) is 0 Å². The van der Waals surface area contributed by atoms with Crippen LogP contribution in [0.15, 0.2) is 18.2 Å². The lowest BCUT2D eigenvalue weighted by molar-refractivity contribution is 0.282. The summed E-state index contributed by atoms with van der Waals surface area (Å²) in [7, 11) is 4.17. The molecule has 0 bridgehead atoms. The normalized spacial score (nSPS) is 17.1. The molecular weight excluding hydrogens is 210 g/mol. The smallest absolute Gasteiger partial charge is 0.0682 e. The van der Waals surface area contributed by atoms with Gasteiger partial charge in [0.05, 0.1) is 6.61 Å². The van der Waals surface area contributed by atoms with Crippen molar-refractivity contribution in [2.45, 2.75) is 44.6 Å². The Morgan fingerprint density at radius 1 is 1.18 bits per heavy atom. The lowest BCUT2D eigenvalue weighted by Gasteiger charge is -2.27. The van der Waals surface area contributed by atoms with Gasteiger partial charge in [-0.1, -0.05) is 31.4 Å². The predicted molar refractivity (Wildman–Crippen MR) is 72.5 cm³/mol. The maximum Gasteiger partial charge on any atom is 0.0682 e. The highest BCUT2D eigenvalue weighted by Gasteiger charge is 2.19. The van der Waals surface area contributed by atoms with Gasteiger partial charge in [-0.05, 0) is 36.0 Å². The molecular formula is C15H23NO. The molecule has 1 aliphatic carbocycles. The summed E-state index contributed by atoms with van der Waals surface area (Å²) in [6.45, 7) is 0.131. The van der Waals surface area contributed by atoms with Gasteiger partial charge in [0.2, 0.25) is 0 Å². The number of rotatable bonds is 3. The van der Waals surface area contributed by atoms with Gasteiger partial charge in [-0.2, -0.15) is 0 Å². The number of hydrogen-bond donors (Lipinski definition) is 1. The number of hydrogen-bond acceptors (Lipinski definition) is 2. The van der Waals surface area contributed by atoms with Crippen LogP contribution in [0.1, 0.15) is 49.1 Å². The van der Waals surface area contributed by atoms with Crippen molar-refractivity contribution in [1.82, 2.24) is 0 Å². The van der Waals surface area contributed by atoms with Crippen LogP contribution in [-0.2, 0) is 6.61 Å². The molecule has 94 valence electrons. The largest absolute Gasteiger partial charge is 0.392 e. The second kappa shape index (κ2) is 5.54. The maximum atomic E-state index is 9.23. The molecule has 2 rings (SSSR count). The van der Waals surface area contributed by atoms with Gasteiger partial charge < -0.3 is 10.0 Å². The molecule has 0 heterocycles. The van der Waals surface area contributed by atoms with Gasteiger partial charge in [-0.3, -0.25) is 0 Å². The van der Waals surface area contributed by atoms with Crippen LogP contribution in [0.5, 0.6) is 0 Å². The van der Waals surface area contributed by atoms with Gasteiger partial charge in [0, 0.05) is 19.8 Å². The van der Waals surface area contributed by atoms with Crippen molar-refractivity contribution in [2.24, 2.45) is 0 Å². The summed E-state index contributed by atoms with van der Waals surface area (Å²) in [5.74, 6) is 0.717. The van der Waals surface area contributed by atoms with Gasteiger partial charge in [0.15, 0.2) is 0 Å². The van der Waals surface area contributed by atoms with Gasteiger partial charge in [-0.25, -0.2) is 0 Å². The molecule has 0 aliphatic heterocycles. The third kappa shape index (κ3) is 2.81. The lowest BCUT2D eigenvalue weighted by Crippen LogP contribution is -2.15. The van der Waals surface area contributed by atoms with Crippen LogP contribution < -0.4 is 4.90 Å². The Labute approximate surface area is 104 Å². The first-order chi connectivity index (χ1) is 8.22. The summed E-state index contributed by atoms with van der Waals surface area (Å²) in [5, 5.41) is 9.23. The topological polar surface area (TPSA) is 23.5 Å². The Hall–Kier alpha value is -1.02. The molecule has 1 aromatic rings. The van der Waals surface area contributed by atoms with Crippen molar-refractivity contribution in [1.29, 1.82) is 0 Å². The van der Waals surface area contributed by atoms with Crippen molar-refractivity contribution in [3.05, 3.63) is 29.3 Å². The molecule has 2 heteroatoms. The Morgan fingerprint density at radius 2 is 1.88 bits per heavy atom. The zero-order valence-corrected chi connectivity index (χ0v) is 10.9. The van der Waals surface area contributed by atoms with Crippen LogP contribution in [0.4, 0.5) is 5.69 Å². The van der Waals surface area contributed by atoms with Crippen LogP contribution in [0.25, 0.3) is 0 Å². The van der Waals surface area contributed by atoms with Crippen molar-refractivity contribution in [3.63, 3.8) is 0 Å². The van der Waals surface area contributed by atoms with Gasteiger partial charge in [0.25, 0.3) is 0 Å². The summed E-state index contributed by atoms with van der Waals surface area (Å²) in [6.07, 6.45) is 6.75. The number of aliphatic hydroxyl groups excluding tert-OH is 1. The molecule has 0 unspecified atom stereocenters. The number of benzene rings is 1. The molecule has 0 atom stereocenters. The Kier molecular flexibility index (Phi) is 4.06. The Morgan fingerprint density at radius 3 is 2.47 bits per heavy atom. The lowest BCUT2D eigenvalue weighted by atomic mass is 9.83. The van der Waals surface area contributed by atoms with E-state index in [1.165, 1.54) is 43.4 Å². The van der Waals surface area contributed by atoms with E-state index < -0.39 is 0 Å². The zero-order valence-electron chi connectivity index (χ0n) is 10.9. The van der Waals surface area contributed by atoms with E-state index in [0.717, 1.165) is 5.56 Å². The molecule has 0 radical (unpaired) electrons. The minimum Gasteiger partial charge on any atom is -0.392 e. The fraction of sp³-hybridized carbons (Fsp3) is 0.600. The summed E-state index contributed by atoms with van der Waals surface area (Å²) in [4.78, 5) is 2.17. The van der Waals surface area contributed by atoms with Crippen LogP contribution in [-0.4, -0.2) is 19.2 Å². The average Bonchev–Trinajstić information content (AvgIpc) is 2.39. The van der Waals surface area contributed by atoms with E-state index >= 15 is 0 Å². The van der Waals surface area contributed by atoms with Crippen LogP contribution >= 0.6 is 0 Å². The van der Waals surface area contributed by atoms with E-state index in [0.29, 0.717) is 5.92 Å². The Balaban J connectivity index is 2.31. The fourth-order valence-corrected chi connectivity index (χ4v) is 2.83. The van der Waals surface area contributed by atoms with E-state index in [2.05, 4.69) is 37.2 Å². The van der Waals surface area contributed by atoms with Gasteiger partial charge in [-0.15, -0.1) is 0 Å². The molecule has 1 fully saturated rings. The highest BCUT2D eigenvalue weighted by Crippen LogP contribution is 2.37. The molecule has 2 nitrogen and oxygen atoms in total. The Bertz CT molecular complexity index is 367. The summed E-state index contributed by atoms with van der Waals surface area (Å²) in [5.41, 5.74) is 3.75. The van der Waals surface area contributed by atoms with E-state index in [4.69, 9.17) is 0 Å². The number of nitrogens with zero attached hydrogens (tertiary/aromatic N) is 1. The van der Waals surface area contributed by atoms with E-state index in [9.17, 15) is 5.11 Å². The molecule has 1 aromatic carbocycles. The maximum absolute atomic E-state index is 9.23. The fourth-order valence-electron chi connectivity index (χ4n) is 2.83. The minimum atomic E-state index is 0.131. The van der Waals surface area contributed by atoms with E-state index in [1.807, 2.05) is 0 Å². The molecule has 17 heavy (non-hydrogen) atoms. The standard InChI is InChI=1S/C15H23NO/c1-16(2)15-10-12(11-17)8-9-14(15)13-6-4-3-5-7-13/h8-10,13,17H,3-7,11H2,1-2H3. The summed E-state index contributed by atoms with van der Waals surface area (Å²) >= 11 is 0. The molecule has 0 saturated heterocycles. The monoisotopic (exact) mass is 233 g/mol.